The molecule has 4 nitrogen and oxygen atoms in total. The van der Waals surface area contributed by atoms with Crippen molar-refractivity contribution in [2.75, 3.05) is 6.54 Å². The minimum absolute atomic E-state index is 0.265. The number of hydrogen-bond donors (Lipinski definition) is 1. The fourth-order valence-electron chi connectivity index (χ4n) is 1.66. The molecule has 0 unspecified atom stereocenters. The maximum Gasteiger partial charge on any atom is 0.247 e. The van der Waals surface area contributed by atoms with Gasteiger partial charge in [0, 0.05) is 24.6 Å². The second kappa shape index (κ2) is 5.93. The first kappa shape index (κ1) is 13.7. The van der Waals surface area contributed by atoms with Gasteiger partial charge >= 0.3 is 0 Å². The Labute approximate surface area is 112 Å². The topological polar surface area (TPSA) is 51.0 Å². The maximum atomic E-state index is 13.5. The number of aryl methyl sites for hydroxylation is 1. The summed E-state index contributed by atoms with van der Waals surface area (Å²) in [6.45, 7) is 6.65. The van der Waals surface area contributed by atoms with Gasteiger partial charge in [-0.15, -0.1) is 10.2 Å². The smallest absolute Gasteiger partial charge is 0.247 e. The lowest BCUT2D eigenvalue weighted by atomic mass is 10.1. The Bertz CT molecular complexity index is 551. The van der Waals surface area contributed by atoms with E-state index in [-0.39, 0.29) is 5.82 Å². The van der Waals surface area contributed by atoms with Crippen molar-refractivity contribution in [2.24, 2.45) is 0 Å². The van der Waals surface area contributed by atoms with Crippen molar-refractivity contribution < 1.29 is 8.81 Å². The first-order valence-corrected chi connectivity index (χ1v) is 6.38. The van der Waals surface area contributed by atoms with E-state index >= 15 is 0 Å². The van der Waals surface area contributed by atoms with Gasteiger partial charge in [0.05, 0.1) is 0 Å². The molecule has 0 fully saturated rings. The molecular weight excluding hydrogens is 245 g/mol. The van der Waals surface area contributed by atoms with E-state index in [2.05, 4.69) is 29.4 Å². The van der Waals surface area contributed by atoms with Crippen LogP contribution in [0.25, 0.3) is 11.5 Å². The molecule has 0 saturated heterocycles. The average molecular weight is 263 g/mol. The molecule has 0 radical (unpaired) electrons. The normalized spacial score (nSPS) is 11.2. The number of aromatic nitrogens is 2. The maximum absolute atomic E-state index is 13.5. The summed E-state index contributed by atoms with van der Waals surface area (Å²) in [4.78, 5) is 0. The molecule has 0 saturated carbocycles. The Hall–Kier alpha value is -1.75. The van der Waals surface area contributed by atoms with Crippen LogP contribution in [0.3, 0.4) is 0 Å². The van der Waals surface area contributed by atoms with Crippen LogP contribution < -0.4 is 5.32 Å². The monoisotopic (exact) mass is 263 g/mol. The zero-order valence-electron chi connectivity index (χ0n) is 11.4. The third-order valence-corrected chi connectivity index (χ3v) is 2.78. The van der Waals surface area contributed by atoms with Crippen LogP contribution in [0.4, 0.5) is 4.39 Å². The highest BCUT2D eigenvalue weighted by Crippen LogP contribution is 2.20. The summed E-state index contributed by atoms with van der Waals surface area (Å²) in [5, 5.41) is 11.2. The van der Waals surface area contributed by atoms with Crippen molar-refractivity contribution in [1.82, 2.24) is 15.5 Å². The lowest BCUT2D eigenvalue weighted by Gasteiger charge is -2.04. The lowest BCUT2D eigenvalue weighted by molar-refractivity contribution is 0.484. The van der Waals surface area contributed by atoms with E-state index in [1.54, 1.807) is 19.1 Å². The van der Waals surface area contributed by atoms with Gasteiger partial charge < -0.3 is 9.73 Å². The molecule has 0 aliphatic rings. The minimum atomic E-state index is -0.265. The van der Waals surface area contributed by atoms with Crippen LogP contribution in [-0.4, -0.2) is 22.8 Å². The van der Waals surface area contributed by atoms with Crippen LogP contribution in [0.15, 0.2) is 22.6 Å². The summed E-state index contributed by atoms with van der Waals surface area (Å²) in [7, 11) is 0. The molecule has 102 valence electrons. The number of halogens is 1. The molecule has 2 rings (SSSR count). The van der Waals surface area contributed by atoms with Gasteiger partial charge in [0.1, 0.15) is 5.82 Å². The number of hydrogen-bond acceptors (Lipinski definition) is 4. The van der Waals surface area contributed by atoms with E-state index in [0.717, 1.165) is 6.54 Å². The highest BCUT2D eigenvalue weighted by molar-refractivity contribution is 5.53. The molecule has 1 aromatic heterocycles. The van der Waals surface area contributed by atoms with E-state index in [9.17, 15) is 4.39 Å². The van der Waals surface area contributed by atoms with Gasteiger partial charge in [-0.3, -0.25) is 0 Å². The van der Waals surface area contributed by atoms with Gasteiger partial charge in [0.2, 0.25) is 11.8 Å². The molecule has 19 heavy (non-hydrogen) atoms. The second-order valence-corrected chi connectivity index (χ2v) is 4.82. The van der Waals surface area contributed by atoms with E-state index in [4.69, 9.17) is 4.42 Å². The molecule has 0 bridgehead atoms. The Morgan fingerprint density at radius 3 is 2.79 bits per heavy atom. The predicted octanol–water partition coefficient (Wildman–Crippen LogP) is 2.72. The number of nitrogens with one attached hydrogen (secondary N) is 1. The predicted molar refractivity (Wildman–Crippen MR) is 71.3 cm³/mol. The van der Waals surface area contributed by atoms with Crippen LogP contribution in [0.2, 0.25) is 0 Å². The highest BCUT2D eigenvalue weighted by atomic mass is 19.1. The minimum Gasteiger partial charge on any atom is -0.421 e. The van der Waals surface area contributed by atoms with Crippen molar-refractivity contribution in [3.63, 3.8) is 0 Å². The first-order chi connectivity index (χ1) is 9.06. The van der Waals surface area contributed by atoms with Crippen molar-refractivity contribution in [3.8, 4) is 11.5 Å². The van der Waals surface area contributed by atoms with E-state index < -0.39 is 0 Å². The second-order valence-electron chi connectivity index (χ2n) is 4.82. The third-order valence-electron chi connectivity index (χ3n) is 2.78. The third kappa shape index (κ3) is 3.61. The number of benzene rings is 1. The quantitative estimate of drug-likeness (QED) is 0.901. The zero-order chi connectivity index (χ0) is 13.8. The van der Waals surface area contributed by atoms with Gasteiger partial charge in [-0.25, -0.2) is 4.39 Å². The number of nitrogens with zero attached hydrogens (tertiary/aromatic N) is 2. The highest BCUT2D eigenvalue weighted by Gasteiger charge is 2.10. The van der Waals surface area contributed by atoms with Crippen LogP contribution in [-0.2, 0) is 6.42 Å². The fraction of sp³-hybridized carbons (Fsp3) is 0.429. The van der Waals surface area contributed by atoms with Gasteiger partial charge in [0.15, 0.2) is 0 Å². The summed E-state index contributed by atoms with van der Waals surface area (Å²) < 4.78 is 19.0. The van der Waals surface area contributed by atoms with Crippen molar-refractivity contribution in [1.29, 1.82) is 0 Å². The van der Waals surface area contributed by atoms with Gasteiger partial charge in [0.25, 0.3) is 0 Å². The molecule has 0 aliphatic heterocycles. The van der Waals surface area contributed by atoms with Gasteiger partial charge in [-0.2, -0.15) is 0 Å². The van der Waals surface area contributed by atoms with Gasteiger partial charge in [-0.1, -0.05) is 19.9 Å². The van der Waals surface area contributed by atoms with Crippen LogP contribution in [0.5, 0.6) is 0 Å². The molecule has 0 spiro atoms. The van der Waals surface area contributed by atoms with Gasteiger partial charge in [-0.05, 0) is 24.6 Å². The Morgan fingerprint density at radius 1 is 1.32 bits per heavy atom. The summed E-state index contributed by atoms with van der Waals surface area (Å²) in [6.07, 6.45) is 0.666. The fourth-order valence-corrected chi connectivity index (χ4v) is 1.66. The van der Waals surface area contributed by atoms with Crippen molar-refractivity contribution in [2.45, 2.75) is 33.2 Å². The summed E-state index contributed by atoms with van der Waals surface area (Å²) in [6, 6.07) is 5.32. The molecule has 1 aromatic carbocycles. The van der Waals surface area contributed by atoms with Crippen LogP contribution >= 0.6 is 0 Å². The Balaban J connectivity index is 2.05. The first-order valence-electron chi connectivity index (χ1n) is 6.38. The largest absolute Gasteiger partial charge is 0.421 e. The molecule has 1 heterocycles. The van der Waals surface area contributed by atoms with E-state index in [0.29, 0.717) is 35.4 Å². The van der Waals surface area contributed by atoms with Crippen LogP contribution in [0, 0.1) is 12.7 Å². The lowest BCUT2D eigenvalue weighted by Crippen LogP contribution is -2.25. The van der Waals surface area contributed by atoms with E-state index in [1.165, 1.54) is 6.07 Å². The standard InChI is InChI=1S/C14H18FN3O/c1-9(2)16-7-6-13-17-18-14(19-13)11-5-4-10(3)12(15)8-11/h4-5,8-9,16H,6-7H2,1-3H3. The molecule has 5 heteroatoms. The summed E-state index contributed by atoms with van der Waals surface area (Å²) in [5.74, 6) is 0.654. The molecule has 0 amide bonds. The molecule has 0 atom stereocenters. The molecule has 1 N–H and O–H groups in total. The summed E-state index contributed by atoms with van der Waals surface area (Å²) >= 11 is 0. The Morgan fingerprint density at radius 2 is 2.11 bits per heavy atom. The molecule has 2 aromatic rings. The van der Waals surface area contributed by atoms with Crippen molar-refractivity contribution >= 4 is 0 Å². The Kier molecular flexibility index (Phi) is 4.27. The number of rotatable bonds is 5. The molecule has 0 aliphatic carbocycles. The van der Waals surface area contributed by atoms with E-state index in [1.807, 2.05) is 0 Å². The van der Waals surface area contributed by atoms with Crippen LogP contribution in [0.1, 0.15) is 25.3 Å². The van der Waals surface area contributed by atoms with Crippen molar-refractivity contribution in [3.05, 3.63) is 35.5 Å². The molecular formula is C14H18FN3O. The summed E-state index contributed by atoms with van der Waals surface area (Å²) in [5.41, 5.74) is 1.21. The average Bonchev–Trinajstić information content (AvgIpc) is 2.81. The SMILES string of the molecule is Cc1ccc(-c2nnc(CCNC(C)C)o2)cc1F. The zero-order valence-corrected chi connectivity index (χ0v) is 11.4.